The normalized spacial score (nSPS) is 14.8. The van der Waals surface area contributed by atoms with Crippen LogP contribution in [0.5, 0.6) is 17.2 Å². The first kappa shape index (κ1) is 38.9. The number of pyridine rings is 1. The zero-order valence-corrected chi connectivity index (χ0v) is 32.5. The van der Waals surface area contributed by atoms with E-state index in [0.717, 1.165) is 55.6 Å². The second-order valence-corrected chi connectivity index (χ2v) is 19.9. The fraction of sp³-hybridized carbons (Fsp3) is 0.514. The van der Waals surface area contributed by atoms with Crippen molar-refractivity contribution in [1.82, 2.24) is 10.3 Å². The number of methoxy groups -OCH3 is 1. The molecule has 2 heterocycles. The standard InChI is InChI=1S/C37H51Cl2N3O6Si/c1-36(2,3)49(7,8)48-33(25-13-15-30-27(19-25)24-46-37(4,5)47-30)23-40-17-11-9-10-12-18-45-32-20-26(14-16-31(32)44-6)35(43)42-34-28(38)21-41-22-29(34)39/h13-16,19-22,33,40H,9-12,17-18,23-24H2,1-8H3,(H,41,42,43). The average Bonchev–Trinajstić information content (AvgIpc) is 3.03. The minimum absolute atomic E-state index is 0.0685. The molecule has 49 heavy (non-hydrogen) atoms. The molecule has 0 saturated carbocycles. The van der Waals surface area contributed by atoms with Crippen LogP contribution in [0.1, 0.15) is 87.9 Å². The number of unbranched alkanes of at least 4 members (excludes halogenated alkanes) is 3. The van der Waals surface area contributed by atoms with Crippen molar-refractivity contribution in [2.24, 2.45) is 0 Å². The number of nitrogens with one attached hydrogen (secondary N) is 2. The first-order valence-electron chi connectivity index (χ1n) is 16.9. The number of benzene rings is 2. The van der Waals surface area contributed by atoms with Crippen LogP contribution in [0.4, 0.5) is 5.69 Å². The van der Waals surface area contributed by atoms with Gasteiger partial charge in [-0.2, -0.15) is 0 Å². The molecule has 0 saturated heterocycles. The summed E-state index contributed by atoms with van der Waals surface area (Å²) in [5, 5.41) is 7.01. The van der Waals surface area contributed by atoms with E-state index in [2.05, 4.69) is 61.6 Å². The molecule has 0 fully saturated rings. The lowest BCUT2D eigenvalue weighted by Gasteiger charge is -2.40. The Kier molecular flexibility index (Phi) is 13.4. The van der Waals surface area contributed by atoms with Crippen molar-refractivity contribution >= 4 is 43.1 Å². The Morgan fingerprint density at radius 3 is 2.43 bits per heavy atom. The van der Waals surface area contributed by atoms with Crippen LogP contribution in [0.15, 0.2) is 48.8 Å². The van der Waals surface area contributed by atoms with E-state index in [0.29, 0.717) is 36.0 Å². The molecule has 1 unspecified atom stereocenters. The van der Waals surface area contributed by atoms with Crippen LogP contribution >= 0.6 is 23.2 Å². The molecule has 1 aliphatic rings. The predicted octanol–water partition coefficient (Wildman–Crippen LogP) is 9.59. The molecule has 12 heteroatoms. The minimum atomic E-state index is -2.03. The molecular weight excluding hydrogens is 681 g/mol. The molecule has 0 aliphatic carbocycles. The number of ether oxygens (including phenoxy) is 4. The summed E-state index contributed by atoms with van der Waals surface area (Å²) in [7, 11) is -0.456. The minimum Gasteiger partial charge on any atom is -0.493 e. The number of fused-ring (bicyclic) bond motifs is 1. The van der Waals surface area contributed by atoms with Gasteiger partial charge in [-0.15, -0.1) is 0 Å². The van der Waals surface area contributed by atoms with Gasteiger partial charge in [0, 0.05) is 43.9 Å². The second kappa shape index (κ2) is 16.9. The summed E-state index contributed by atoms with van der Waals surface area (Å²) >= 11 is 12.3. The maximum absolute atomic E-state index is 12.9. The Labute approximate surface area is 302 Å². The lowest BCUT2D eigenvalue weighted by Crippen LogP contribution is -2.43. The number of carbonyl (C=O) groups is 1. The Morgan fingerprint density at radius 2 is 1.73 bits per heavy atom. The van der Waals surface area contributed by atoms with Crippen molar-refractivity contribution in [3.63, 3.8) is 0 Å². The molecule has 1 amide bonds. The highest BCUT2D eigenvalue weighted by Crippen LogP contribution is 2.41. The number of anilines is 1. The molecule has 268 valence electrons. The third-order valence-corrected chi connectivity index (χ3v) is 14.0. The van der Waals surface area contributed by atoms with Crippen LogP contribution in [0.3, 0.4) is 0 Å². The van der Waals surface area contributed by atoms with E-state index >= 15 is 0 Å². The smallest absolute Gasteiger partial charge is 0.255 e. The summed E-state index contributed by atoms with van der Waals surface area (Å²) in [6, 6.07) is 11.4. The Bertz CT molecular complexity index is 1560. The Balaban J connectivity index is 1.24. The van der Waals surface area contributed by atoms with E-state index in [-0.39, 0.29) is 27.1 Å². The van der Waals surface area contributed by atoms with Crippen molar-refractivity contribution < 1.29 is 28.2 Å². The van der Waals surface area contributed by atoms with Gasteiger partial charge >= 0.3 is 0 Å². The summed E-state index contributed by atoms with van der Waals surface area (Å²) in [5.41, 5.74) is 2.89. The van der Waals surface area contributed by atoms with Crippen molar-refractivity contribution in [3.8, 4) is 17.2 Å². The summed E-state index contributed by atoms with van der Waals surface area (Å²) in [4.78, 5) is 16.8. The summed E-state index contributed by atoms with van der Waals surface area (Å²) in [6.07, 6.45) is 6.75. The number of aromatic nitrogens is 1. The molecule has 1 aromatic heterocycles. The molecular formula is C37H51Cl2N3O6Si. The largest absolute Gasteiger partial charge is 0.493 e. The molecule has 0 spiro atoms. The van der Waals surface area contributed by atoms with Crippen LogP contribution < -0.4 is 24.8 Å². The fourth-order valence-electron chi connectivity index (χ4n) is 5.09. The topological polar surface area (TPSA) is 100 Å². The third kappa shape index (κ3) is 10.8. The van der Waals surface area contributed by atoms with Crippen LogP contribution in [-0.2, 0) is 15.8 Å². The Morgan fingerprint density at radius 1 is 1.02 bits per heavy atom. The van der Waals surface area contributed by atoms with Crippen molar-refractivity contribution in [2.45, 2.75) is 96.9 Å². The van der Waals surface area contributed by atoms with Crippen molar-refractivity contribution in [3.05, 3.63) is 75.5 Å². The van der Waals surface area contributed by atoms with Gasteiger partial charge < -0.3 is 34.0 Å². The van der Waals surface area contributed by atoms with Gasteiger partial charge in [0.15, 0.2) is 19.8 Å². The quantitative estimate of drug-likeness (QED) is 0.111. The average molecular weight is 733 g/mol. The molecule has 0 radical (unpaired) electrons. The lowest BCUT2D eigenvalue weighted by molar-refractivity contribution is -0.180. The maximum atomic E-state index is 12.9. The van der Waals surface area contributed by atoms with Gasteiger partial charge in [-0.3, -0.25) is 9.78 Å². The predicted molar refractivity (Wildman–Crippen MR) is 199 cm³/mol. The molecule has 2 aromatic carbocycles. The van der Waals surface area contributed by atoms with Gasteiger partial charge in [0.05, 0.1) is 42.2 Å². The summed E-state index contributed by atoms with van der Waals surface area (Å²) in [5.74, 6) is 0.933. The highest BCUT2D eigenvalue weighted by Gasteiger charge is 2.39. The molecule has 1 aliphatic heterocycles. The number of amides is 1. The molecule has 1 atom stereocenters. The number of carbonyl (C=O) groups excluding carboxylic acids is 1. The van der Waals surface area contributed by atoms with Crippen molar-refractivity contribution in [2.75, 3.05) is 32.1 Å². The van der Waals surface area contributed by atoms with E-state index in [1.54, 1.807) is 25.3 Å². The van der Waals surface area contributed by atoms with Gasteiger partial charge in [0.25, 0.3) is 5.91 Å². The van der Waals surface area contributed by atoms with Gasteiger partial charge in [0.1, 0.15) is 5.75 Å². The van der Waals surface area contributed by atoms with E-state index < -0.39 is 14.1 Å². The number of hydrogen-bond donors (Lipinski definition) is 2. The third-order valence-electron chi connectivity index (χ3n) is 8.98. The number of halogens is 2. The van der Waals surface area contributed by atoms with E-state index in [1.807, 2.05) is 19.9 Å². The highest BCUT2D eigenvalue weighted by molar-refractivity contribution is 6.74. The van der Waals surface area contributed by atoms with Crippen LogP contribution in [0.25, 0.3) is 0 Å². The second-order valence-electron chi connectivity index (χ2n) is 14.3. The lowest BCUT2D eigenvalue weighted by atomic mass is 10.0. The van der Waals surface area contributed by atoms with E-state index in [4.69, 9.17) is 46.6 Å². The zero-order chi connectivity index (χ0) is 35.8. The van der Waals surface area contributed by atoms with Gasteiger partial charge in [0.2, 0.25) is 5.79 Å². The summed E-state index contributed by atoms with van der Waals surface area (Å²) < 4.78 is 30.4. The molecule has 2 N–H and O–H groups in total. The monoisotopic (exact) mass is 731 g/mol. The molecule has 4 rings (SSSR count). The molecule has 0 bridgehead atoms. The SMILES string of the molecule is COc1ccc(C(=O)Nc2c(Cl)cncc2Cl)cc1OCCCCCCNCC(O[Si](C)(C)C(C)(C)C)c1ccc2c(c1)COC(C)(C)O2. The highest BCUT2D eigenvalue weighted by atomic mass is 35.5. The van der Waals surface area contributed by atoms with Gasteiger partial charge in [-0.25, -0.2) is 0 Å². The Hall–Kier alpha value is -2.86. The van der Waals surface area contributed by atoms with Crippen LogP contribution in [0, 0.1) is 0 Å². The van der Waals surface area contributed by atoms with Crippen LogP contribution in [-0.4, -0.2) is 51.8 Å². The number of nitrogens with zero attached hydrogens (tertiary/aromatic N) is 1. The van der Waals surface area contributed by atoms with E-state index in [9.17, 15) is 4.79 Å². The fourth-order valence-corrected chi connectivity index (χ4v) is 6.83. The first-order valence-corrected chi connectivity index (χ1v) is 20.5. The first-order chi connectivity index (χ1) is 23.1. The molecule has 9 nitrogen and oxygen atoms in total. The van der Waals surface area contributed by atoms with Crippen molar-refractivity contribution in [1.29, 1.82) is 0 Å². The maximum Gasteiger partial charge on any atom is 0.255 e. The van der Waals surface area contributed by atoms with Crippen LogP contribution in [0.2, 0.25) is 28.2 Å². The zero-order valence-electron chi connectivity index (χ0n) is 30.0. The number of hydrogen-bond acceptors (Lipinski definition) is 8. The molecule has 3 aromatic rings. The van der Waals surface area contributed by atoms with E-state index in [1.165, 1.54) is 12.4 Å². The number of rotatable bonds is 16. The summed E-state index contributed by atoms with van der Waals surface area (Å²) in [6.45, 7) is 17.9. The van der Waals surface area contributed by atoms with Gasteiger partial charge in [-0.05, 0) is 73.4 Å². The van der Waals surface area contributed by atoms with Gasteiger partial charge in [-0.1, -0.05) is 62.9 Å².